The highest BCUT2D eigenvalue weighted by molar-refractivity contribution is 5.84. The van der Waals surface area contributed by atoms with Crippen LogP contribution in [0.25, 0.3) is 22.2 Å². The van der Waals surface area contributed by atoms with Crippen molar-refractivity contribution in [3.63, 3.8) is 0 Å². The van der Waals surface area contributed by atoms with Crippen LogP contribution in [0, 0.1) is 0 Å². The van der Waals surface area contributed by atoms with Gasteiger partial charge in [0.25, 0.3) is 5.91 Å². The van der Waals surface area contributed by atoms with Gasteiger partial charge in [0.2, 0.25) is 11.7 Å². The second-order valence-electron chi connectivity index (χ2n) is 6.79. The molecule has 7 nitrogen and oxygen atoms in total. The lowest BCUT2D eigenvalue weighted by molar-refractivity contribution is -0.132. The average Bonchev–Trinajstić information content (AvgIpc) is 3.25. The molecule has 4 rings (SSSR count). The molecule has 3 aromatic carbocycles. The number of rotatable bonds is 7. The summed E-state index contributed by atoms with van der Waals surface area (Å²) < 4.78 is 16.1. The molecule has 0 aliphatic heterocycles. The van der Waals surface area contributed by atoms with E-state index < -0.39 is 0 Å². The van der Waals surface area contributed by atoms with Gasteiger partial charge in [-0.05, 0) is 47.2 Å². The van der Waals surface area contributed by atoms with Crippen molar-refractivity contribution in [2.75, 3.05) is 20.8 Å². The van der Waals surface area contributed by atoms with Crippen molar-refractivity contribution in [2.45, 2.75) is 6.54 Å². The Labute approximate surface area is 173 Å². The third-order valence-corrected chi connectivity index (χ3v) is 4.70. The Morgan fingerprint density at radius 2 is 1.73 bits per heavy atom. The van der Waals surface area contributed by atoms with Crippen LogP contribution in [0.4, 0.5) is 0 Å². The molecule has 1 heterocycles. The summed E-state index contributed by atoms with van der Waals surface area (Å²) in [5, 5.41) is 6.17. The van der Waals surface area contributed by atoms with Crippen molar-refractivity contribution in [3.8, 4) is 22.9 Å². The maximum absolute atomic E-state index is 12.4. The standard InChI is InChI=1S/C23H21N3O4/c1-26(14-21-24-23(25-30-21)17-8-10-19(28-2)11-9-17)22(27)15-29-20-12-7-16-5-3-4-6-18(16)13-20/h3-13H,14-15H2,1-2H3. The van der Waals surface area contributed by atoms with Crippen LogP contribution >= 0.6 is 0 Å². The number of amides is 1. The Morgan fingerprint density at radius 1 is 1.00 bits per heavy atom. The summed E-state index contributed by atoms with van der Waals surface area (Å²) >= 11 is 0. The summed E-state index contributed by atoms with van der Waals surface area (Å²) in [6.45, 7) is 0.122. The first-order chi connectivity index (χ1) is 14.6. The molecule has 0 atom stereocenters. The van der Waals surface area contributed by atoms with E-state index in [1.54, 1.807) is 14.2 Å². The van der Waals surface area contributed by atoms with Gasteiger partial charge in [-0.2, -0.15) is 4.98 Å². The second-order valence-corrected chi connectivity index (χ2v) is 6.79. The van der Waals surface area contributed by atoms with Crippen LogP contribution in [-0.4, -0.2) is 41.7 Å². The zero-order chi connectivity index (χ0) is 20.9. The van der Waals surface area contributed by atoms with Crippen molar-refractivity contribution >= 4 is 16.7 Å². The molecule has 0 aliphatic rings. The van der Waals surface area contributed by atoms with E-state index >= 15 is 0 Å². The van der Waals surface area contributed by atoms with E-state index in [-0.39, 0.29) is 19.1 Å². The minimum Gasteiger partial charge on any atom is -0.497 e. The van der Waals surface area contributed by atoms with Gasteiger partial charge in [-0.3, -0.25) is 4.79 Å². The Kier molecular flexibility index (Phi) is 5.61. The van der Waals surface area contributed by atoms with E-state index in [0.29, 0.717) is 17.5 Å². The highest BCUT2D eigenvalue weighted by atomic mass is 16.5. The smallest absolute Gasteiger partial charge is 0.260 e. The number of hydrogen-bond donors (Lipinski definition) is 0. The molecule has 1 aromatic heterocycles. The third kappa shape index (κ3) is 4.41. The molecule has 0 bridgehead atoms. The van der Waals surface area contributed by atoms with Crippen LogP contribution in [0.5, 0.6) is 11.5 Å². The molecule has 152 valence electrons. The van der Waals surface area contributed by atoms with Crippen LogP contribution in [-0.2, 0) is 11.3 Å². The number of carbonyl (C=O) groups is 1. The fraction of sp³-hybridized carbons (Fsp3) is 0.174. The normalized spacial score (nSPS) is 10.7. The topological polar surface area (TPSA) is 77.7 Å². The van der Waals surface area contributed by atoms with Gasteiger partial charge in [-0.25, -0.2) is 0 Å². The van der Waals surface area contributed by atoms with Gasteiger partial charge >= 0.3 is 0 Å². The Hall–Kier alpha value is -3.87. The van der Waals surface area contributed by atoms with Gasteiger partial charge in [0.15, 0.2) is 6.61 Å². The van der Waals surface area contributed by atoms with Crippen molar-refractivity contribution in [1.29, 1.82) is 0 Å². The molecule has 4 aromatic rings. The van der Waals surface area contributed by atoms with Gasteiger partial charge in [0, 0.05) is 12.6 Å². The third-order valence-electron chi connectivity index (χ3n) is 4.70. The minimum atomic E-state index is -0.188. The van der Waals surface area contributed by atoms with Gasteiger partial charge in [-0.1, -0.05) is 35.5 Å². The van der Waals surface area contributed by atoms with Gasteiger partial charge in [-0.15, -0.1) is 0 Å². The van der Waals surface area contributed by atoms with Crippen molar-refractivity contribution in [3.05, 3.63) is 72.6 Å². The first-order valence-electron chi connectivity index (χ1n) is 9.45. The molecular weight excluding hydrogens is 382 g/mol. The van der Waals surface area contributed by atoms with Crippen LogP contribution in [0.15, 0.2) is 71.3 Å². The molecule has 7 heteroatoms. The van der Waals surface area contributed by atoms with E-state index in [4.69, 9.17) is 14.0 Å². The predicted molar refractivity (Wildman–Crippen MR) is 112 cm³/mol. The van der Waals surface area contributed by atoms with Crippen LogP contribution in [0.2, 0.25) is 0 Å². The summed E-state index contributed by atoms with van der Waals surface area (Å²) in [4.78, 5) is 18.3. The lowest BCUT2D eigenvalue weighted by Gasteiger charge is -2.15. The Bertz CT molecular complexity index is 1150. The molecule has 0 spiro atoms. The van der Waals surface area contributed by atoms with Crippen LogP contribution < -0.4 is 9.47 Å². The monoisotopic (exact) mass is 403 g/mol. The van der Waals surface area contributed by atoms with Crippen LogP contribution in [0.1, 0.15) is 5.89 Å². The Balaban J connectivity index is 1.34. The largest absolute Gasteiger partial charge is 0.497 e. The zero-order valence-corrected chi connectivity index (χ0v) is 16.7. The summed E-state index contributed by atoms with van der Waals surface area (Å²) in [6, 6.07) is 21.1. The summed E-state index contributed by atoms with van der Waals surface area (Å²) in [7, 11) is 3.28. The molecule has 30 heavy (non-hydrogen) atoms. The number of ether oxygens (including phenoxy) is 2. The minimum absolute atomic E-state index is 0.0751. The van der Waals surface area contributed by atoms with Gasteiger partial charge in [0.05, 0.1) is 13.7 Å². The quantitative estimate of drug-likeness (QED) is 0.465. The molecule has 1 amide bonds. The maximum atomic E-state index is 12.4. The van der Waals surface area contributed by atoms with E-state index in [2.05, 4.69) is 10.1 Å². The lowest BCUT2D eigenvalue weighted by atomic mass is 10.1. The first-order valence-corrected chi connectivity index (χ1v) is 9.45. The lowest BCUT2D eigenvalue weighted by Crippen LogP contribution is -2.31. The number of benzene rings is 3. The average molecular weight is 403 g/mol. The number of methoxy groups -OCH3 is 1. The van der Waals surface area contributed by atoms with Crippen molar-refractivity contribution in [2.24, 2.45) is 0 Å². The molecule has 0 saturated carbocycles. The predicted octanol–water partition coefficient (Wildman–Crippen LogP) is 3.94. The van der Waals surface area contributed by atoms with E-state index in [1.165, 1.54) is 4.90 Å². The summed E-state index contributed by atoms with van der Waals surface area (Å²) in [6.07, 6.45) is 0. The molecule has 0 fully saturated rings. The zero-order valence-electron chi connectivity index (χ0n) is 16.7. The van der Waals surface area contributed by atoms with Crippen LogP contribution in [0.3, 0.4) is 0 Å². The fourth-order valence-electron chi connectivity index (χ4n) is 2.98. The van der Waals surface area contributed by atoms with E-state index in [0.717, 1.165) is 22.1 Å². The number of fused-ring (bicyclic) bond motifs is 1. The molecule has 0 radical (unpaired) electrons. The maximum Gasteiger partial charge on any atom is 0.260 e. The molecule has 0 unspecified atom stereocenters. The first kappa shape index (κ1) is 19.4. The fourth-order valence-corrected chi connectivity index (χ4v) is 2.98. The molecular formula is C23H21N3O4. The van der Waals surface area contributed by atoms with Crippen molar-refractivity contribution in [1.82, 2.24) is 15.0 Å². The highest BCUT2D eigenvalue weighted by Gasteiger charge is 2.15. The second kappa shape index (κ2) is 8.65. The molecule has 0 N–H and O–H groups in total. The number of nitrogens with zero attached hydrogens (tertiary/aromatic N) is 3. The molecule has 0 saturated heterocycles. The number of hydrogen-bond acceptors (Lipinski definition) is 6. The van der Waals surface area contributed by atoms with Crippen molar-refractivity contribution < 1.29 is 18.8 Å². The highest BCUT2D eigenvalue weighted by Crippen LogP contribution is 2.21. The van der Waals surface area contributed by atoms with E-state index in [1.807, 2.05) is 66.7 Å². The number of likely N-dealkylation sites (N-methyl/N-ethyl adjacent to an activating group) is 1. The number of aromatic nitrogens is 2. The molecule has 0 aliphatic carbocycles. The summed E-state index contributed by atoms with van der Waals surface area (Å²) in [5.41, 5.74) is 0.805. The SMILES string of the molecule is COc1ccc(-c2noc(CN(C)C(=O)COc3ccc4ccccc4c3)n2)cc1. The van der Waals surface area contributed by atoms with E-state index in [9.17, 15) is 4.79 Å². The summed E-state index contributed by atoms with van der Waals surface area (Å²) in [5.74, 6) is 2.02. The van der Waals surface area contributed by atoms with Gasteiger partial charge < -0.3 is 18.9 Å². The number of carbonyl (C=O) groups excluding carboxylic acids is 1. The Morgan fingerprint density at radius 3 is 2.50 bits per heavy atom. The van der Waals surface area contributed by atoms with Gasteiger partial charge in [0.1, 0.15) is 11.5 Å².